The lowest BCUT2D eigenvalue weighted by Crippen LogP contribution is -2.44. The first-order valence-electron chi connectivity index (χ1n) is 13.0. The summed E-state index contributed by atoms with van der Waals surface area (Å²) >= 11 is 0. The average molecular weight is 518 g/mol. The standard InChI is InChI=1S/C29H27N9O/c1-37-9-11-38(12-10-37)29-27-23(7-8-31-29)33-28(34-27)26-22-14-24(32-17-25(22)35-36-26)20-13-21(16-30-15-20)39-18-19-5-3-2-4-6-19/h2-8,13-17H,9-12,18H2,1H3,(H,33,34)(H,35,36). The molecule has 0 radical (unpaired) electrons. The van der Waals surface area contributed by atoms with Crippen LogP contribution < -0.4 is 9.64 Å². The molecule has 1 saturated heterocycles. The smallest absolute Gasteiger partial charge is 0.159 e. The van der Waals surface area contributed by atoms with Crippen LogP contribution in [-0.2, 0) is 6.61 Å². The lowest BCUT2D eigenvalue weighted by Gasteiger charge is -2.33. The Balaban J connectivity index is 1.20. The fourth-order valence-corrected chi connectivity index (χ4v) is 4.92. The van der Waals surface area contributed by atoms with Gasteiger partial charge in [-0.3, -0.25) is 15.1 Å². The number of anilines is 1. The first-order chi connectivity index (χ1) is 19.2. The third-order valence-electron chi connectivity index (χ3n) is 7.11. The highest BCUT2D eigenvalue weighted by atomic mass is 16.5. The Kier molecular flexibility index (Phi) is 5.86. The molecular weight excluding hydrogens is 490 g/mol. The molecule has 10 heteroatoms. The maximum atomic E-state index is 5.98. The van der Waals surface area contributed by atoms with Gasteiger partial charge in [-0.25, -0.2) is 9.97 Å². The van der Waals surface area contributed by atoms with Gasteiger partial charge in [0.05, 0.1) is 29.1 Å². The van der Waals surface area contributed by atoms with Crippen molar-refractivity contribution >= 4 is 27.8 Å². The highest BCUT2D eigenvalue weighted by Crippen LogP contribution is 2.31. The van der Waals surface area contributed by atoms with E-state index in [1.165, 1.54) is 0 Å². The molecule has 10 nitrogen and oxygen atoms in total. The Morgan fingerprint density at radius 1 is 0.923 bits per heavy atom. The summed E-state index contributed by atoms with van der Waals surface area (Å²) in [5.41, 5.74) is 6.10. The van der Waals surface area contributed by atoms with E-state index in [0.29, 0.717) is 18.2 Å². The Labute approximate surface area is 224 Å². The summed E-state index contributed by atoms with van der Waals surface area (Å²) in [6.07, 6.45) is 7.13. The van der Waals surface area contributed by atoms with Gasteiger partial charge < -0.3 is 19.5 Å². The molecule has 6 aromatic rings. The highest BCUT2D eigenvalue weighted by molar-refractivity contribution is 5.96. The number of ether oxygens (including phenoxy) is 1. The van der Waals surface area contributed by atoms with E-state index in [-0.39, 0.29) is 0 Å². The fraction of sp³-hybridized carbons (Fsp3) is 0.207. The van der Waals surface area contributed by atoms with Crippen LogP contribution >= 0.6 is 0 Å². The van der Waals surface area contributed by atoms with Gasteiger partial charge in [-0.1, -0.05) is 30.3 Å². The SMILES string of the molecule is CN1CCN(c2nccc3[nH]c(-c4n[nH]c5cnc(-c6cncc(OCc7ccccc7)c6)cc45)nc23)CC1. The Morgan fingerprint density at radius 3 is 2.67 bits per heavy atom. The lowest BCUT2D eigenvalue weighted by molar-refractivity contribution is 0.305. The molecule has 5 aromatic heterocycles. The van der Waals surface area contributed by atoms with Crippen LogP contribution in [0, 0.1) is 0 Å². The number of nitrogens with one attached hydrogen (secondary N) is 2. The van der Waals surface area contributed by atoms with Crippen LogP contribution in [0.2, 0.25) is 0 Å². The van der Waals surface area contributed by atoms with Crippen LogP contribution in [0.1, 0.15) is 5.56 Å². The fourth-order valence-electron chi connectivity index (χ4n) is 4.92. The molecule has 2 N–H and O–H groups in total. The van der Waals surface area contributed by atoms with Crippen LogP contribution in [0.5, 0.6) is 5.75 Å². The molecular formula is C29H27N9O. The van der Waals surface area contributed by atoms with E-state index < -0.39 is 0 Å². The molecule has 1 aromatic carbocycles. The molecule has 39 heavy (non-hydrogen) atoms. The summed E-state index contributed by atoms with van der Waals surface area (Å²) in [4.78, 5) is 26.8. The Bertz CT molecular complexity index is 1750. The van der Waals surface area contributed by atoms with Crippen LogP contribution in [0.25, 0.3) is 44.7 Å². The first kappa shape index (κ1) is 23.3. The second-order valence-corrected chi connectivity index (χ2v) is 9.78. The van der Waals surface area contributed by atoms with E-state index in [4.69, 9.17) is 9.72 Å². The third kappa shape index (κ3) is 4.55. The average Bonchev–Trinajstić information content (AvgIpc) is 3.61. The second-order valence-electron chi connectivity index (χ2n) is 9.78. The molecule has 7 rings (SSSR count). The van der Waals surface area contributed by atoms with Crippen LogP contribution in [-0.4, -0.2) is 73.2 Å². The van der Waals surface area contributed by atoms with Crippen LogP contribution in [0.3, 0.4) is 0 Å². The van der Waals surface area contributed by atoms with E-state index in [9.17, 15) is 0 Å². The molecule has 0 aliphatic carbocycles. The monoisotopic (exact) mass is 517 g/mol. The van der Waals surface area contributed by atoms with Gasteiger partial charge in [-0.05, 0) is 30.8 Å². The number of pyridine rings is 3. The number of piperazine rings is 1. The predicted octanol–water partition coefficient (Wildman–Crippen LogP) is 4.29. The molecule has 1 fully saturated rings. The van der Waals surface area contributed by atoms with Crippen molar-refractivity contribution in [1.29, 1.82) is 0 Å². The Hall–Kier alpha value is -4.83. The summed E-state index contributed by atoms with van der Waals surface area (Å²) in [6.45, 7) is 4.33. The van der Waals surface area contributed by atoms with E-state index in [1.54, 1.807) is 18.6 Å². The summed E-state index contributed by atoms with van der Waals surface area (Å²) in [6, 6.07) is 16.0. The lowest BCUT2D eigenvalue weighted by atomic mass is 10.1. The van der Waals surface area contributed by atoms with E-state index in [0.717, 1.165) is 76.4 Å². The van der Waals surface area contributed by atoms with Crippen LogP contribution in [0.15, 0.2) is 73.3 Å². The summed E-state index contributed by atoms with van der Waals surface area (Å²) in [7, 11) is 2.15. The molecule has 0 bridgehead atoms. The number of aromatic nitrogens is 7. The van der Waals surface area contributed by atoms with Gasteiger partial charge in [0.1, 0.15) is 23.6 Å². The van der Waals surface area contributed by atoms with Crippen molar-refractivity contribution < 1.29 is 4.74 Å². The predicted molar refractivity (Wildman–Crippen MR) is 150 cm³/mol. The van der Waals surface area contributed by atoms with Gasteiger partial charge in [-0.15, -0.1) is 0 Å². The third-order valence-corrected chi connectivity index (χ3v) is 7.11. The minimum Gasteiger partial charge on any atom is -0.487 e. The quantitative estimate of drug-likeness (QED) is 0.337. The number of hydrogen-bond donors (Lipinski definition) is 2. The number of hydrogen-bond acceptors (Lipinski definition) is 8. The molecule has 1 aliphatic heterocycles. The number of nitrogens with zero attached hydrogens (tertiary/aromatic N) is 7. The van der Waals surface area contributed by atoms with Gasteiger partial charge in [-0.2, -0.15) is 5.10 Å². The summed E-state index contributed by atoms with van der Waals surface area (Å²) in [5, 5.41) is 8.61. The van der Waals surface area contributed by atoms with Crippen molar-refractivity contribution in [2.24, 2.45) is 0 Å². The normalized spacial score (nSPS) is 14.3. The molecule has 1 aliphatic rings. The molecule has 6 heterocycles. The zero-order valence-corrected chi connectivity index (χ0v) is 21.5. The molecule has 0 atom stereocenters. The molecule has 0 amide bonds. The van der Waals surface area contributed by atoms with Crippen molar-refractivity contribution in [2.45, 2.75) is 6.61 Å². The van der Waals surface area contributed by atoms with Gasteiger partial charge in [0.15, 0.2) is 11.6 Å². The highest BCUT2D eigenvalue weighted by Gasteiger charge is 2.21. The maximum Gasteiger partial charge on any atom is 0.159 e. The number of imidazole rings is 1. The van der Waals surface area contributed by atoms with Gasteiger partial charge in [0.2, 0.25) is 0 Å². The molecule has 194 valence electrons. The van der Waals surface area contributed by atoms with Crippen molar-refractivity contribution in [3.8, 4) is 28.5 Å². The first-order valence-corrected chi connectivity index (χ1v) is 13.0. The number of likely N-dealkylation sites (N-methyl/N-ethyl adjacent to an activating group) is 1. The van der Waals surface area contributed by atoms with Crippen molar-refractivity contribution in [3.63, 3.8) is 0 Å². The summed E-state index contributed by atoms with van der Waals surface area (Å²) < 4.78 is 5.98. The van der Waals surface area contributed by atoms with Crippen molar-refractivity contribution in [1.82, 2.24) is 40.0 Å². The van der Waals surface area contributed by atoms with Crippen LogP contribution in [0.4, 0.5) is 5.82 Å². The van der Waals surface area contributed by atoms with Gasteiger partial charge >= 0.3 is 0 Å². The summed E-state index contributed by atoms with van der Waals surface area (Å²) in [5.74, 6) is 2.28. The number of aromatic amines is 2. The number of H-pyrrole nitrogens is 2. The maximum absolute atomic E-state index is 5.98. The largest absolute Gasteiger partial charge is 0.487 e. The minimum absolute atomic E-state index is 0.474. The van der Waals surface area contributed by atoms with Crippen molar-refractivity contribution in [3.05, 3.63) is 78.9 Å². The number of fused-ring (bicyclic) bond motifs is 2. The number of benzene rings is 1. The Morgan fingerprint density at radius 2 is 1.79 bits per heavy atom. The van der Waals surface area contributed by atoms with Gasteiger partial charge in [0.25, 0.3) is 0 Å². The van der Waals surface area contributed by atoms with E-state index in [2.05, 4.69) is 47.0 Å². The van der Waals surface area contributed by atoms with E-state index in [1.807, 2.05) is 54.7 Å². The molecule has 0 saturated carbocycles. The zero-order chi connectivity index (χ0) is 26.2. The minimum atomic E-state index is 0.474. The van der Waals surface area contributed by atoms with Crippen molar-refractivity contribution in [2.75, 3.05) is 38.1 Å². The molecule has 0 spiro atoms. The molecule has 0 unspecified atom stereocenters. The second kappa shape index (κ2) is 9.80. The van der Waals surface area contributed by atoms with Gasteiger partial charge in [0, 0.05) is 49.5 Å². The zero-order valence-electron chi connectivity index (χ0n) is 21.5. The van der Waals surface area contributed by atoms with E-state index >= 15 is 0 Å². The topological polar surface area (TPSA) is 112 Å². The number of rotatable bonds is 6.